The number of nitrogens with zero attached hydrogens (tertiary/aromatic N) is 4. The number of sulfonamides is 1. The Balaban J connectivity index is 1.37. The molecule has 1 saturated carbocycles. The number of thioether (sulfide) groups is 1. The van der Waals surface area contributed by atoms with Gasteiger partial charge in [-0.1, -0.05) is 17.8 Å². The van der Waals surface area contributed by atoms with Crippen molar-refractivity contribution in [2.24, 2.45) is 0 Å². The summed E-state index contributed by atoms with van der Waals surface area (Å²) in [5.41, 5.74) is 1.57. The number of carbonyl (C=O) groups is 1. The van der Waals surface area contributed by atoms with Crippen LogP contribution in [0.5, 0.6) is 0 Å². The van der Waals surface area contributed by atoms with E-state index in [0.717, 1.165) is 37.2 Å². The number of rotatable bonds is 8. The Kier molecular flexibility index (Phi) is 6.02. The van der Waals surface area contributed by atoms with E-state index < -0.39 is 10.0 Å². The first kappa shape index (κ1) is 22.2. The van der Waals surface area contributed by atoms with Crippen LogP contribution in [-0.2, 0) is 20.6 Å². The van der Waals surface area contributed by atoms with Gasteiger partial charge in [-0.15, -0.1) is 10.2 Å². The Morgan fingerprint density at radius 1 is 1.18 bits per heavy atom. The molecular formula is C22H25N5O4S2. The van der Waals surface area contributed by atoms with Gasteiger partial charge in [0.05, 0.1) is 11.4 Å². The van der Waals surface area contributed by atoms with Crippen LogP contribution in [0.4, 0.5) is 5.69 Å². The van der Waals surface area contributed by atoms with Gasteiger partial charge in [0, 0.05) is 31.6 Å². The van der Waals surface area contributed by atoms with Crippen molar-refractivity contribution in [3.63, 3.8) is 0 Å². The van der Waals surface area contributed by atoms with Crippen LogP contribution in [0.2, 0.25) is 0 Å². The molecule has 1 N–H and O–H groups in total. The molecule has 11 heteroatoms. The SMILES string of the molecule is CC(=O)Nc1cccc(-n2c(SCc3ccc(S(=O)(=O)N4CCCC4)o3)nnc2C2CC2)c1. The Hall–Kier alpha value is -2.63. The second kappa shape index (κ2) is 8.96. The topological polar surface area (TPSA) is 110 Å². The lowest BCUT2D eigenvalue weighted by Crippen LogP contribution is -2.27. The third-order valence-corrected chi connectivity index (χ3v) is 8.39. The molecule has 1 amide bonds. The minimum absolute atomic E-state index is 0.0110. The van der Waals surface area contributed by atoms with Gasteiger partial charge >= 0.3 is 0 Å². The molecule has 3 aromatic rings. The predicted octanol–water partition coefficient (Wildman–Crippen LogP) is 3.77. The van der Waals surface area contributed by atoms with Crippen LogP contribution in [0, 0.1) is 0 Å². The van der Waals surface area contributed by atoms with Crippen molar-refractivity contribution in [3.05, 3.63) is 48.0 Å². The number of hydrogen-bond acceptors (Lipinski definition) is 7. The molecule has 174 valence electrons. The van der Waals surface area contributed by atoms with E-state index in [1.165, 1.54) is 29.1 Å². The number of nitrogens with one attached hydrogen (secondary N) is 1. The maximum Gasteiger partial charge on any atom is 0.276 e. The van der Waals surface area contributed by atoms with Crippen LogP contribution in [0.15, 0.2) is 51.1 Å². The number of carbonyl (C=O) groups excluding carboxylic acids is 1. The summed E-state index contributed by atoms with van der Waals surface area (Å²) in [6.45, 7) is 2.55. The molecule has 0 unspecified atom stereocenters. The second-order valence-corrected chi connectivity index (χ2v) is 11.1. The van der Waals surface area contributed by atoms with E-state index in [1.54, 1.807) is 6.07 Å². The van der Waals surface area contributed by atoms with Gasteiger partial charge in [-0.25, -0.2) is 8.42 Å². The molecule has 2 fully saturated rings. The number of anilines is 1. The zero-order valence-corrected chi connectivity index (χ0v) is 19.9. The lowest BCUT2D eigenvalue weighted by atomic mass is 10.2. The van der Waals surface area contributed by atoms with Gasteiger partial charge in [0.1, 0.15) is 11.6 Å². The first-order valence-electron chi connectivity index (χ1n) is 11.0. The number of hydrogen-bond donors (Lipinski definition) is 1. The van der Waals surface area contributed by atoms with Gasteiger partial charge in [-0.2, -0.15) is 4.31 Å². The number of furan rings is 1. The van der Waals surface area contributed by atoms with Gasteiger partial charge in [-0.05, 0) is 56.0 Å². The smallest absolute Gasteiger partial charge is 0.276 e. The van der Waals surface area contributed by atoms with Gasteiger partial charge in [-0.3, -0.25) is 9.36 Å². The highest BCUT2D eigenvalue weighted by Crippen LogP contribution is 2.41. The Bertz CT molecular complexity index is 1270. The molecule has 1 aromatic carbocycles. The molecule has 1 aliphatic heterocycles. The van der Waals surface area contributed by atoms with Crippen LogP contribution >= 0.6 is 11.8 Å². The quantitative estimate of drug-likeness (QED) is 0.482. The molecule has 0 radical (unpaired) electrons. The van der Waals surface area contributed by atoms with Crippen molar-refractivity contribution in [1.82, 2.24) is 19.1 Å². The molecular weight excluding hydrogens is 462 g/mol. The average Bonchev–Trinajstić information content (AvgIpc) is 3.21. The monoisotopic (exact) mass is 487 g/mol. The third-order valence-electron chi connectivity index (χ3n) is 5.67. The van der Waals surface area contributed by atoms with Gasteiger partial charge < -0.3 is 9.73 Å². The number of amides is 1. The van der Waals surface area contributed by atoms with Crippen molar-refractivity contribution in [3.8, 4) is 5.69 Å². The fourth-order valence-corrected chi connectivity index (χ4v) is 6.21. The molecule has 33 heavy (non-hydrogen) atoms. The summed E-state index contributed by atoms with van der Waals surface area (Å²) in [6.07, 6.45) is 3.91. The van der Waals surface area contributed by atoms with Crippen molar-refractivity contribution >= 4 is 33.4 Å². The average molecular weight is 488 g/mol. The van der Waals surface area contributed by atoms with Crippen molar-refractivity contribution in [1.29, 1.82) is 0 Å². The molecule has 2 aromatic heterocycles. The zero-order chi connectivity index (χ0) is 23.0. The van der Waals surface area contributed by atoms with Gasteiger partial charge in [0.2, 0.25) is 11.0 Å². The fraction of sp³-hybridized carbons (Fsp3) is 0.409. The molecule has 0 atom stereocenters. The highest BCUT2D eigenvalue weighted by Gasteiger charge is 2.32. The van der Waals surface area contributed by atoms with Crippen LogP contribution in [0.25, 0.3) is 5.69 Å². The Labute approximate surface area is 196 Å². The zero-order valence-electron chi connectivity index (χ0n) is 18.2. The second-order valence-electron chi connectivity index (χ2n) is 8.30. The fourth-order valence-electron chi connectivity index (χ4n) is 3.92. The summed E-state index contributed by atoms with van der Waals surface area (Å²) in [7, 11) is -3.58. The van der Waals surface area contributed by atoms with E-state index in [9.17, 15) is 13.2 Å². The number of aromatic nitrogens is 3. The molecule has 3 heterocycles. The normalized spacial score (nSPS) is 16.9. The first-order chi connectivity index (χ1) is 15.9. The van der Waals surface area contributed by atoms with E-state index >= 15 is 0 Å². The maximum atomic E-state index is 12.7. The molecule has 0 spiro atoms. The summed E-state index contributed by atoms with van der Waals surface area (Å²) in [4.78, 5) is 11.5. The molecule has 1 saturated heterocycles. The van der Waals surface area contributed by atoms with E-state index in [0.29, 0.717) is 41.4 Å². The minimum Gasteiger partial charge on any atom is -0.447 e. The molecule has 2 aliphatic rings. The minimum atomic E-state index is -3.58. The van der Waals surface area contributed by atoms with Crippen LogP contribution in [0.3, 0.4) is 0 Å². The Morgan fingerprint density at radius 2 is 1.97 bits per heavy atom. The summed E-state index contributed by atoms with van der Waals surface area (Å²) in [5.74, 6) is 2.12. The lowest BCUT2D eigenvalue weighted by Gasteiger charge is -2.13. The van der Waals surface area contributed by atoms with Crippen molar-refractivity contribution in [2.75, 3.05) is 18.4 Å². The summed E-state index contributed by atoms with van der Waals surface area (Å²) in [5, 5.41) is 12.3. The van der Waals surface area contributed by atoms with Crippen LogP contribution < -0.4 is 5.32 Å². The summed E-state index contributed by atoms with van der Waals surface area (Å²) >= 11 is 1.44. The highest BCUT2D eigenvalue weighted by atomic mass is 32.2. The highest BCUT2D eigenvalue weighted by molar-refractivity contribution is 7.98. The van der Waals surface area contributed by atoms with E-state index in [2.05, 4.69) is 15.5 Å². The molecule has 5 rings (SSSR count). The van der Waals surface area contributed by atoms with E-state index in [1.807, 2.05) is 28.8 Å². The Morgan fingerprint density at radius 3 is 2.70 bits per heavy atom. The summed E-state index contributed by atoms with van der Waals surface area (Å²) in [6, 6.07) is 10.8. The van der Waals surface area contributed by atoms with Gasteiger partial charge in [0.25, 0.3) is 10.0 Å². The van der Waals surface area contributed by atoms with Crippen molar-refractivity contribution < 1.29 is 17.6 Å². The first-order valence-corrected chi connectivity index (χ1v) is 13.4. The molecule has 0 bridgehead atoms. The predicted molar refractivity (Wildman–Crippen MR) is 124 cm³/mol. The number of benzene rings is 1. The standard InChI is InChI=1S/C22H25N5O4S2/c1-15(28)23-17-5-4-6-18(13-17)27-21(16-7-8-16)24-25-22(27)32-14-19-9-10-20(31-19)33(29,30)26-11-2-3-12-26/h4-6,9-10,13,16H,2-3,7-8,11-12,14H2,1H3,(H,23,28). The van der Waals surface area contributed by atoms with Crippen LogP contribution in [-0.4, -0.2) is 46.5 Å². The largest absolute Gasteiger partial charge is 0.447 e. The van der Waals surface area contributed by atoms with Crippen molar-refractivity contribution in [2.45, 2.75) is 54.5 Å². The molecule has 1 aliphatic carbocycles. The van der Waals surface area contributed by atoms with Crippen LogP contribution in [0.1, 0.15) is 50.1 Å². The summed E-state index contributed by atoms with van der Waals surface area (Å²) < 4.78 is 34.6. The maximum absolute atomic E-state index is 12.7. The van der Waals surface area contributed by atoms with E-state index in [4.69, 9.17) is 4.42 Å². The third kappa shape index (κ3) is 4.71. The lowest BCUT2D eigenvalue weighted by molar-refractivity contribution is -0.114. The molecule has 9 nitrogen and oxygen atoms in total. The van der Waals surface area contributed by atoms with Gasteiger partial charge in [0.15, 0.2) is 5.16 Å². The van der Waals surface area contributed by atoms with E-state index in [-0.39, 0.29) is 11.0 Å².